The standard InChI is InChI=1S/C23H26N4OS/c1-17(28)20-10-9-19-11-13-26(16-21(19)15-20)12-6-14-29-23-25-24-18(2)27(23)22-7-4-3-5-8-22/h3-5,7-10,15H,6,11-14,16H2,1-2H3. The van der Waals surface area contributed by atoms with Gasteiger partial charge in [-0.2, -0.15) is 0 Å². The summed E-state index contributed by atoms with van der Waals surface area (Å²) in [6.45, 7) is 6.69. The van der Waals surface area contributed by atoms with Gasteiger partial charge in [0.1, 0.15) is 5.82 Å². The number of fused-ring (bicyclic) bond motifs is 1. The summed E-state index contributed by atoms with van der Waals surface area (Å²) in [6.07, 6.45) is 2.15. The molecule has 150 valence electrons. The van der Waals surface area contributed by atoms with Gasteiger partial charge in [0.2, 0.25) is 0 Å². The van der Waals surface area contributed by atoms with Crippen LogP contribution in [0.1, 0.15) is 40.7 Å². The van der Waals surface area contributed by atoms with Crippen molar-refractivity contribution >= 4 is 17.5 Å². The van der Waals surface area contributed by atoms with Crippen molar-refractivity contribution in [3.05, 3.63) is 71.0 Å². The van der Waals surface area contributed by atoms with Crippen LogP contribution in [0, 0.1) is 6.92 Å². The number of aromatic nitrogens is 3. The number of carbonyl (C=O) groups is 1. The quantitative estimate of drug-likeness (QED) is 0.332. The highest BCUT2D eigenvalue weighted by molar-refractivity contribution is 7.99. The number of aryl methyl sites for hydroxylation is 1. The van der Waals surface area contributed by atoms with E-state index in [-0.39, 0.29) is 5.78 Å². The Morgan fingerprint density at radius 3 is 2.72 bits per heavy atom. The minimum atomic E-state index is 0.138. The highest BCUT2D eigenvalue weighted by Crippen LogP contribution is 2.24. The van der Waals surface area contributed by atoms with Crippen LogP contribution in [-0.4, -0.2) is 44.3 Å². The van der Waals surface area contributed by atoms with Gasteiger partial charge in [0, 0.05) is 30.1 Å². The Labute approximate surface area is 176 Å². The van der Waals surface area contributed by atoms with E-state index in [4.69, 9.17) is 0 Å². The summed E-state index contributed by atoms with van der Waals surface area (Å²) >= 11 is 1.76. The third kappa shape index (κ3) is 4.60. The van der Waals surface area contributed by atoms with E-state index < -0.39 is 0 Å². The zero-order chi connectivity index (χ0) is 20.2. The molecule has 2 heterocycles. The fourth-order valence-electron chi connectivity index (χ4n) is 3.79. The number of Topliss-reactive ketones (excluding diaryl/α,β-unsaturated/α-hetero) is 1. The Morgan fingerprint density at radius 1 is 1.10 bits per heavy atom. The number of hydrogen-bond acceptors (Lipinski definition) is 5. The maximum Gasteiger partial charge on any atom is 0.195 e. The lowest BCUT2D eigenvalue weighted by atomic mass is 9.96. The van der Waals surface area contributed by atoms with E-state index >= 15 is 0 Å². The van der Waals surface area contributed by atoms with Crippen LogP contribution >= 0.6 is 11.8 Å². The van der Waals surface area contributed by atoms with Crippen LogP contribution in [0.2, 0.25) is 0 Å². The van der Waals surface area contributed by atoms with E-state index in [1.807, 2.05) is 31.2 Å². The van der Waals surface area contributed by atoms with E-state index in [1.54, 1.807) is 18.7 Å². The normalized spacial score (nSPS) is 14.0. The molecule has 6 heteroatoms. The van der Waals surface area contributed by atoms with Crippen molar-refractivity contribution < 1.29 is 4.79 Å². The molecule has 1 aliphatic rings. The van der Waals surface area contributed by atoms with E-state index in [2.05, 4.69) is 43.9 Å². The van der Waals surface area contributed by atoms with Gasteiger partial charge in [0.15, 0.2) is 10.9 Å². The van der Waals surface area contributed by atoms with Crippen LogP contribution in [0.5, 0.6) is 0 Å². The number of carbonyl (C=O) groups excluding carboxylic acids is 1. The van der Waals surface area contributed by atoms with Gasteiger partial charge >= 0.3 is 0 Å². The second-order valence-electron chi connectivity index (χ2n) is 7.47. The molecule has 0 saturated carbocycles. The fraction of sp³-hybridized carbons (Fsp3) is 0.348. The molecule has 2 aromatic carbocycles. The SMILES string of the molecule is CC(=O)c1ccc2c(c1)CN(CCCSc1nnc(C)n1-c1ccccc1)CC2. The molecule has 0 bridgehead atoms. The molecule has 0 atom stereocenters. The van der Waals surface area contributed by atoms with E-state index in [1.165, 1.54) is 11.1 Å². The van der Waals surface area contributed by atoms with E-state index in [0.29, 0.717) is 0 Å². The van der Waals surface area contributed by atoms with Crippen LogP contribution in [0.4, 0.5) is 0 Å². The maximum absolute atomic E-state index is 11.7. The lowest BCUT2D eigenvalue weighted by Gasteiger charge is -2.29. The molecule has 5 nitrogen and oxygen atoms in total. The number of thioether (sulfide) groups is 1. The first-order valence-electron chi connectivity index (χ1n) is 10.1. The monoisotopic (exact) mass is 406 g/mol. The minimum absolute atomic E-state index is 0.138. The van der Waals surface area contributed by atoms with E-state index in [9.17, 15) is 4.79 Å². The van der Waals surface area contributed by atoms with Crippen molar-refractivity contribution in [3.63, 3.8) is 0 Å². The molecule has 3 aromatic rings. The topological polar surface area (TPSA) is 51.0 Å². The first-order chi connectivity index (χ1) is 14.1. The number of ketones is 1. The second-order valence-corrected chi connectivity index (χ2v) is 8.53. The highest BCUT2D eigenvalue weighted by atomic mass is 32.2. The molecule has 29 heavy (non-hydrogen) atoms. The summed E-state index contributed by atoms with van der Waals surface area (Å²) in [7, 11) is 0. The molecular weight excluding hydrogens is 380 g/mol. The van der Waals surface area contributed by atoms with Crippen LogP contribution in [-0.2, 0) is 13.0 Å². The predicted molar refractivity (Wildman–Crippen MR) is 117 cm³/mol. The summed E-state index contributed by atoms with van der Waals surface area (Å²) in [6, 6.07) is 16.4. The van der Waals surface area contributed by atoms with Crippen LogP contribution in [0.15, 0.2) is 53.7 Å². The van der Waals surface area contributed by atoms with Gasteiger partial charge < -0.3 is 0 Å². The van der Waals surface area contributed by atoms with Crippen molar-refractivity contribution in [1.29, 1.82) is 0 Å². The number of nitrogens with zero attached hydrogens (tertiary/aromatic N) is 4. The summed E-state index contributed by atoms with van der Waals surface area (Å²) < 4.78 is 2.12. The third-order valence-corrected chi connectivity index (χ3v) is 6.38. The number of para-hydroxylation sites is 1. The zero-order valence-electron chi connectivity index (χ0n) is 17.0. The van der Waals surface area contributed by atoms with Crippen LogP contribution in [0.25, 0.3) is 5.69 Å². The first-order valence-corrected chi connectivity index (χ1v) is 11.1. The predicted octanol–water partition coefficient (Wildman–Crippen LogP) is 4.32. The van der Waals surface area contributed by atoms with Gasteiger partial charge in [-0.3, -0.25) is 14.3 Å². The molecule has 0 aliphatic carbocycles. The number of hydrogen-bond donors (Lipinski definition) is 0. The third-order valence-electron chi connectivity index (χ3n) is 5.36. The average molecular weight is 407 g/mol. The molecule has 4 rings (SSSR count). The van der Waals surface area contributed by atoms with Gasteiger partial charge in [-0.25, -0.2) is 0 Å². The Kier molecular flexibility index (Phi) is 6.11. The average Bonchev–Trinajstić information content (AvgIpc) is 3.11. The molecule has 0 spiro atoms. The van der Waals surface area contributed by atoms with Crippen molar-refractivity contribution in [1.82, 2.24) is 19.7 Å². The molecule has 0 N–H and O–H groups in total. The molecule has 0 unspecified atom stereocenters. The van der Waals surface area contributed by atoms with Crippen LogP contribution in [0.3, 0.4) is 0 Å². The van der Waals surface area contributed by atoms with Crippen LogP contribution < -0.4 is 0 Å². The largest absolute Gasteiger partial charge is 0.299 e. The number of rotatable bonds is 7. The van der Waals surface area contributed by atoms with Gasteiger partial charge in [-0.15, -0.1) is 10.2 Å². The Balaban J connectivity index is 1.32. The molecule has 1 aromatic heterocycles. The Bertz CT molecular complexity index is 999. The Hall–Kier alpha value is -2.44. The lowest BCUT2D eigenvalue weighted by Crippen LogP contribution is -2.31. The van der Waals surface area contributed by atoms with Gasteiger partial charge in [0.25, 0.3) is 0 Å². The summed E-state index contributed by atoms with van der Waals surface area (Å²) in [5, 5.41) is 9.57. The molecule has 0 radical (unpaired) electrons. The van der Waals surface area contributed by atoms with Gasteiger partial charge in [0.05, 0.1) is 0 Å². The van der Waals surface area contributed by atoms with Crippen molar-refractivity contribution in [2.45, 2.75) is 38.4 Å². The Morgan fingerprint density at radius 2 is 1.93 bits per heavy atom. The minimum Gasteiger partial charge on any atom is -0.299 e. The van der Waals surface area contributed by atoms with E-state index in [0.717, 1.165) is 60.5 Å². The molecule has 0 saturated heterocycles. The highest BCUT2D eigenvalue weighted by Gasteiger charge is 2.17. The molecule has 1 aliphatic heterocycles. The van der Waals surface area contributed by atoms with Crippen molar-refractivity contribution in [2.75, 3.05) is 18.8 Å². The smallest absolute Gasteiger partial charge is 0.195 e. The van der Waals surface area contributed by atoms with Crippen molar-refractivity contribution in [3.8, 4) is 5.69 Å². The first kappa shape index (κ1) is 19.9. The second kappa shape index (κ2) is 8.93. The molecule has 0 amide bonds. The molecular formula is C23H26N4OS. The van der Waals surface area contributed by atoms with Crippen molar-refractivity contribution in [2.24, 2.45) is 0 Å². The summed E-state index contributed by atoms with van der Waals surface area (Å²) in [5.74, 6) is 2.05. The lowest BCUT2D eigenvalue weighted by molar-refractivity contribution is 0.101. The summed E-state index contributed by atoms with van der Waals surface area (Å²) in [4.78, 5) is 14.1. The fourth-order valence-corrected chi connectivity index (χ4v) is 4.71. The molecule has 0 fully saturated rings. The van der Waals surface area contributed by atoms with Gasteiger partial charge in [-0.05, 0) is 62.6 Å². The maximum atomic E-state index is 11.7. The zero-order valence-corrected chi connectivity index (χ0v) is 17.8. The number of benzene rings is 2. The van der Waals surface area contributed by atoms with Gasteiger partial charge in [-0.1, -0.05) is 42.1 Å². The summed E-state index contributed by atoms with van der Waals surface area (Å²) in [5.41, 5.74) is 4.60.